The van der Waals surface area contributed by atoms with Crippen LogP contribution in [0.25, 0.3) is 44.6 Å². The predicted molar refractivity (Wildman–Crippen MR) is 199 cm³/mol. The number of aromatic nitrogens is 3. The van der Waals surface area contributed by atoms with Crippen LogP contribution in [0.15, 0.2) is 77.5 Å². The van der Waals surface area contributed by atoms with Crippen molar-refractivity contribution >= 4 is 39.5 Å². The van der Waals surface area contributed by atoms with Gasteiger partial charge in [-0.05, 0) is 103 Å². The number of hydrogen-bond acceptors (Lipinski definition) is 10. The van der Waals surface area contributed by atoms with Crippen LogP contribution in [0.2, 0.25) is 0 Å². The number of carboxylic acids is 1. The number of aliphatic carboxylic acids is 1. The summed E-state index contributed by atoms with van der Waals surface area (Å²) in [6.07, 6.45) is 5.46. The molecule has 8 rings (SSSR count). The zero-order valence-electron chi connectivity index (χ0n) is 29.1. The second kappa shape index (κ2) is 13.8. The number of likely N-dealkylation sites (tertiary alicyclic amines) is 1. The van der Waals surface area contributed by atoms with E-state index in [1.807, 2.05) is 48.7 Å². The number of benzene rings is 3. The Bertz CT molecular complexity index is 2380. The van der Waals surface area contributed by atoms with E-state index < -0.39 is 5.97 Å². The molecule has 52 heavy (non-hydrogen) atoms. The summed E-state index contributed by atoms with van der Waals surface area (Å²) in [7, 11) is 0. The molecular weight excluding hydrogens is 654 g/mol. The first-order chi connectivity index (χ1) is 25.2. The highest BCUT2D eigenvalue weighted by atomic mass is 16.4. The number of rotatable bonds is 10. The van der Waals surface area contributed by atoms with Gasteiger partial charge in [-0.2, -0.15) is 5.26 Å². The van der Waals surface area contributed by atoms with Gasteiger partial charge in [0.2, 0.25) is 5.89 Å². The van der Waals surface area contributed by atoms with Gasteiger partial charge in [0.15, 0.2) is 11.4 Å². The van der Waals surface area contributed by atoms with Crippen LogP contribution >= 0.6 is 0 Å². The molecular formula is C41H39N7O4. The summed E-state index contributed by atoms with van der Waals surface area (Å²) < 4.78 is 6.26. The second-order valence-corrected chi connectivity index (χ2v) is 14.0. The van der Waals surface area contributed by atoms with Gasteiger partial charge in [-0.3, -0.25) is 14.7 Å². The van der Waals surface area contributed by atoms with Gasteiger partial charge in [0.25, 0.3) is 0 Å². The molecule has 4 N–H and O–H groups in total. The quantitative estimate of drug-likeness (QED) is 0.119. The van der Waals surface area contributed by atoms with Crippen LogP contribution in [0.4, 0.5) is 11.5 Å². The van der Waals surface area contributed by atoms with E-state index in [9.17, 15) is 20.3 Å². The highest BCUT2D eigenvalue weighted by Gasteiger charge is 2.34. The molecule has 0 unspecified atom stereocenters. The van der Waals surface area contributed by atoms with E-state index in [2.05, 4.69) is 58.6 Å². The molecule has 6 aromatic rings. The number of fused-ring (bicyclic) bond motifs is 2. The lowest BCUT2D eigenvalue weighted by Crippen LogP contribution is -2.43. The molecule has 0 spiro atoms. The van der Waals surface area contributed by atoms with E-state index in [1.54, 1.807) is 6.20 Å². The lowest BCUT2D eigenvalue weighted by atomic mass is 9.80. The Hall–Kier alpha value is -5.67. The Morgan fingerprint density at radius 3 is 2.58 bits per heavy atom. The number of carboxylic acid groups (broad SMARTS) is 1. The molecule has 11 heteroatoms. The van der Waals surface area contributed by atoms with Crippen molar-refractivity contribution in [1.29, 1.82) is 5.26 Å². The molecule has 2 aliphatic rings. The number of nitrogens with zero attached hydrogens (tertiary/aromatic N) is 5. The lowest BCUT2D eigenvalue weighted by molar-refractivity contribution is -0.145. The normalized spacial score (nSPS) is 18.8. The summed E-state index contributed by atoms with van der Waals surface area (Å²) in [6.45, 7) is 6.98. The summed E-state index contributed by atoms with van der Waals surface area (Å²) in [5, 5.41) is 37.0. The van der Waals surface area contributed by atoms with Crippen LogP contribution in [-0.2, 0) is 17.9 Å². The fraction of sp³-hybridized carbons (Fsp3) is 0.293. The average molecular weight is 694 g/mol. The van der Waals surface area contributed by atoms with Gasteiger partial charge in [-0.1, -0.05) is 24.3 Å². The van der Waals surface area contributed by atoms with Crippen molar-refractivity contribution in [3.05, 3.63) is 101 Å². The van der Waals surface area contributed by atoms with Crippen molar-refractivity contribution in [3.8, 4) is 28.7 Å². The molecule has 1 saturated carbocycles. The van der Waals surface area contributed by atoms with Crippen LogP contribution in [0.1, 0.15) is 47.1 Å². The summed E-state index contributed by atoms with van der Waals surface area (Å²) in [5.74, 6) is 0.0845. The van der Waals surface area contributed by atoms with Crippen molar-refractivity contribution < 1.29 is 19.4 Å². The number of anilines is 2. The summed E-state index contributed by atoms with van der Waals surface area (Å²) in [5.41, 5.74) is 10.1. The summed E-state index contributed by atoms with van der Waals surface area (Å²) >= 11 is 0. The van der Waals surface area contributed by atoms with Crippen molar-refractivity contribution in [3.63, 3.8) is 0 Å². The number of pyridine rings is 2. The number of oxazole rings is 1. The third kappa shape index (κ3) is 6.48. The van der Waals surface area contributed by atoms with Crippen molar-refractivity contribution in [1.82, 2.24) is 25.2 Å². The van der Waals surface area contributed by atoms with Crippen LogP contribution in [0.3, 0.4) is 0 Å². The maximum Gasteiger partial charge on any atom is 0.306 e. The van der Waals surface area contributed by atoms with E-state index in [4.69, 9.17) is 14.4 Å². The Kier molecular flexibility index (Phi) is 8.89. The zero-order valence-corrected chi connectivity index (χ0v) is 29.1. The predicted octanol–water partition coefficient (Wildman–Crippen LogP) is 6.86. The van der Waals surface area contributed by atoms with Gasteiger partial charge in [0.05, 0.1) is 17.6 Å². The second-order valence-electron chi connectivity index (χ2n) is 14.0. The molecule has 3 aromatic carbocycles. The lowest BCUT2D eigenvalue weighted by Gasteiger charge is -2.33. The standard InChI is InChI=1S/C41H39N7O4/c1-23-32(5-3-7-34(23)40-47-36-15-25(13-29(18-42)38(36)52-40)19-44-30-16-28(17-30)41(50)51)33-6-4-8-35(24(33)2)46-39-37-27(9-11-43-39)14-26(20-45-37)21-48-12-10-31(49)22-48/h3-9,11,13-15,20,28,30-31,44,49H,10,12,16-17,19,21-22H2,1-2H3,(H,43,46)(H,50,51)/t28-,30-,31-/m1/s1. The SMILES string of the molecule is Cc1c(Nc2nccc3cc(CN4CC[C@@H](O)C4)cnc23)cccc1-c1cccc(-c2nc3cc(CN[C@H]4C[C@H](C(=O)O)C4)cc(C#N)c3o2)c1C. The molecule has 4 heterocycles. The maximum atomic E-state index is 11.2. The Balaban J connectivity index is 1.05. The summed E-state index contributed by atoms with van der Waals surface area (Å²) in [6, 6.07) is 22.5. The monoisotopic (exact) mass is 693 g/mol. The van der Waals surface area contributed by atoms with Crippen LogP contribution in [0.5, 0.6) is 0 Å². The zero-order chi connectivity index (χ0) is 35.9. The smallest absolute Gasteiger partial charge is 0.306 e. The largest absolute Gasteiger partial charge is 0.481 e. The van der Waals surface area contributed by atoms with Gasteiger partial charge in [0.1, 0.15) is 17.1 Å². The van der Waals surface area contributed by atoms with Gasteiger partial charge in [-0.15, -0.1) is 0 Å². The van der Waals surface area contributed by atoms with Crippen molar-refractivity contribution in [2.75, 3.05) is 18.4 Å². The minimum Gasteiger partial charge on any atom is -0.481 e. The third-order valence-corrected chi connectivity index (χ3v) is 10.5. The molecule has 0 bridgehead atoms. The number of nitrogens with one attached hydrogen (secondary N) is 2. The minimum absolute atomic E-state index is 0.146. The van der Waals surface area contributed by atoms with Gasteiger partial charge >= 0.3 is 5.97 Å². The first-order valence-corrected chi connectivity index (χ1v) is 17.6. The Morgan fingerprint density at radius 2 is 1.81 bits per heavy atom. The molecule has 1 aliphatic carbocycles. The molecule has 3 aromatic heterocycles. The van der Waals surface area contributed by atoms with Crippen LogP contribution in [0, 0.1) is 31.1 Å². The molecule has 0 amide bonds. The van der Waals surface area contributed by atoms with Crippen LogP contribution < -0.4 is 10.6 Å². The Labute approximate surface area is 301 Å². The molecule has 1 aliphatic heterocycles. The van der Waals surface area contributed by atoms with Crippen molar-refractivity contribution in [2.45, 2.75) is 58.3 Å². The van der Waals surface area contributed by atoms with E-state index in [0.29, 0.717) is 54.3 Å². The number of hydrogen-bond donors (Lipinski definition) is 4. The fourth-order valence-electron chi connectivity index (χ4n) is 7.49. The first kappa shape index (κ1) is 33.5. The molecule has 1 atom stereocenters. The number of β-amino-alcohol motifs (C(OH)–C–C–N with tert-alkyl or cyclic N) is 1. The van der Waals surface area contributed by atoms with Crippen LogP contribution in [-0.4, -0.2) is 61.3 Å². The number of aliphatic hydroxyl groups excluding tert-OH is 1. The molecule has 0 radical (unpaired) electrons. The van der Waals surface area contributed by atoms with E-state index >= 15 is 0 Å². The maximum absolute atomic E-state index is 11.2. The number of carbonyl (C=O) groups is 1. The fourth-order valence-corrected chi connectivity index (χ4v) is 7.49. The minimum atomic E-state index is -0.748. The average Bonchev–Trinajstić information content (AvgIpc) is 3.73. The Morgan fingerprint density at radius 1 is 1.02 bits per heavy atom. The third-order valence-electron chi connectivity index (χ3n) is 10.5. The highest BCUT2D eigenvalue weighted by Crippen LogP contribution is 2.38. The molecule has 1 saturated heterocycles. The summed E-state index contributed by atoms with van der Waals surface area (Å²) in [4.78, 5) is 27.7. The van der Waals surface area contributed by atoms with E-state index in [0.717, 1.165) is 75.0 Å². The first-order valence-electron chi connectivity index (χ1n) is 17.6. The molecule has 11 nitrogen and oxygen atoms in total. The van der Waals surface area contributed by atoms with E-state index in [1.165, 1.54) is 0 Å². The highest BCUT2D eigenvalue weighted by molar-refractivity contribution is 5.91. The van der Waals surface area contributed by atoms with Gasteiger partial charge in [0, 0.05) is 61.3 Å². The van der Waals surface area contributed by atoms with Gasteiger partial charge in [-0.25, -0.2) is 9.97 Å². The molecule has 2 fully saturated rings. The van der Waals surface area contributed by atoms with Crippen molar-refractivity contribution in [2.24, 2.45) is 5.92 Å². The number of nitriles is 1. The topological polar surface area (TPSA) is 160 Å². The number of aliphatic hydroxyl groups is 1. The van der Waals surface area contributed by atoms with Gasteiger partial charge < -0.3 is 25.3 Å². The molecule has 262 valence electrons. The van der Waals surface area contributed by atoms with E-state index in [-0.39, 0.29) is 18.1 Å².